The van der Waals surface area contributed by atoms with Crippen molar-refractivity contribution < 1.29 is 19.1 Å². The smallest absolute Gasteiger partial charge is 0.255 e. The van der Waals surface area contributed by atoms with E-state index in [4.69, 9.17) is 9.47 Å². The van der Waals surface area contributed by atoms with E-state index in [1.54, 1.807) is 41.4 Å². The number of nitrogens with zero attached hydrogens (tertiary/aromatic N) is 3. The summed E-state index contributed by atoms with van der Waals surface area (Å²) in [5, 5.41) is 0. The molecule has 0 aromatic carbocycles. The molecule has 2 fully saturated rings. The second kappa shape index (κ2) is 6.02. The third-order valence-corrected chi connectivity index (χ3v) is 4.00. The molecule has 1 atom stereocenters. The van der Waals surface area contributed by atoms with E-state index >= 15 is 0 Å². The lowest BCUT2D eigenvalue weighted by atomic mass is 10.0. The predicted molar refractivity (Wildman–Crippen MR) is 77.3 cm³/mol. The van der Waals surface area contributed by atoms with E-state index in [1.807, 2.05) is 0 Å². The summed E-state index contributed by atoms with van der Waals surface area (Å²) in [7, 11) is 1.74. The van der Waals surface area contributed by atoms with Crippen LogP contribution in [0.1, 0.15) is 10.4 Å². The van der Waals surface area contributed by atoms with Gasteiger partial charge in [-0.1, -0.05) is 0 Å². The highest BCUT2D eigenvalue weighted by molar-refractivity contribution is 5.94. The summed E-state index contributed by atoms with van der Waals surface area (Å²) in [6, 6.07) is 3.48. The minimum Gasteiger partial charge on any atom is -0.376 e. The van der Waals surface area contributed by atoms with E-state index in [-0.39, 0.29) is 18.4 Å². The molecule has 22 heavy (non-hydrogen) atoms. The molecule has 2 amide bonds. The Morgan fingerprint density at radius 2 is 2.27 bits per heavy atom. The van der Waals surface area contributed by atoms with Gasteiger partial charge in [0.25, 0.3) is 5.91 Å². The third kappa shape index (κ3) is 2.95. The Labute approximate surface area is 128 Å². The molecule has 7 heteroatoms. The maximum absolute atomic E-state index is 12.6. The second-order valence-corrected chi connectivity index (χ2v) is 5.74. The first-order valence-corrected chi connectivity index (χ1v) is 7.25. The van der Waals surface area contributed by atoms with E-state index in [0.29, 0.717) is 38.4 Å². The summed E-state index contributed by atoms with van der Waals surface area (Å²) in [5.74, 6) is -0.152. The lowest BCUT2D eigenvalue weighted by molar-refractivity contribution is -0.169. The van der Waals surface area contributed by atoms with Crippen LogP contribution in [0.5, 0.6) is 0 Å². The number of aromatic nitrogens is 1. The first kappa shape index (κ1) is 14.9. The monoisotopic (exact) mass is 305 g/mol. The van der Waals surface area contributed by atoms with Crippen LogP contribution in [0.15, 0.2) is 24.5 Å². The second-order valence-electron chi connectivity index (χ2n) is 5.74. The molecule has 0 N–H and O–H groups in total. The van der Waals surface area contributed by atoms with E-state index in [0.717, 1.165) is 0 Å². The molecule has 118 valence electrons. The van der Waals surface area contributed by atoms with Crippen molar-refractivity contribution in [3.8, 4) is 0 Å². The van der Waals surface area contributed by atoms with E-state index in [9.17, 15) is 9.59 Å². The highest BCUT2D eigenvalue weighted by Crippen LogP contribution is 2.23. The zero-order valence-electron chi connectivity index (χ0n) is 12.5. The molecule has 2 saturated heterocycles. The summed E-state index contributed by atoms with van der Waals surface area (Å²) in [6.45, 7) is 2.17. The van der Waals surface area contributed by atoms with E-state index < -0.39 is 5.60 Å². The minimum atomic E-state index is -0.656. The number of hydrogen-bond donors (Lipinski definition) is 0. The van der Waals surface area contributed by atoms with Crippen LogP contribution in [0.2, 0.25) is 0 Å². The van der Waals surface area contributed by atoms with E-state index in [2.05, 4.69) is 4.98 Å². The standard InChI is InChI=1S/C15H19N3O4/c1-17-9-15(22-8-13(17)19)10-18(5-6-21-11-15)14(20)12-3-2-4-16-7-12/h2-4,7H,5-6,8-11H2,1H3. The molecule has 0 bridgehead atoms. The molecule has 7 nitrogen and oxygen atoms in total. The molecule has 0 radical (unpaired) electrons. The van der Waals surface area contributed by atoms with Crippen LogP contribution in [0.25, 0.3) is 0 Å². The normalized spacial score (nSPS) is 26.1. The molecule has 0 aliphatic carbocycles. The summed E-state index contributed by atoms with van der Waals surface area (Å²) in [5.41, 5.74) is -0.114. The van der Waals surface area contributed by atoms with E-state index in [1.165, 1.54) is 0 Å². The van der Waals surface area contributed by atoms with Gasteiger partial charge in [0.2, 0.25) is 5.91 Å². The largest absolute Gasteiger partial charge is 0.376 e. The van der Waals surface area contributed by atoms with Gasteiger partial charge < -0.3 is 19.3 Å². The van der Waals surface area contributed by atoms with Crippen molar-refractivity contribution in [3.63, 3.8) is 0 Å². The zero-order chi connectivity index (χ0) is 15.6. The fourth-order valence-corrected chi connectivity index (χ4v) is 2.82. The molecule has 2 aliphatic heterocycles. The molecule has 1 spiro atoms. The highest BCUT2D eigenvalue weighted by atomic mass is 16.6. The average molecular weight is 305 g/mol. The maximum atomic E-state index is 12.6. The van der Waals surface area contributed by atoms with Gasteiger partial charge in [0, 0.05) is 26.0 Å². The van der Waals surface area contributed by atoms with Gasteiger partial charge in [-0.3, -0.25) is 14.6 Å². The molecule has 3 heterocycles. The van der Waals surface area contributed by atoms with Crippen LogP contribution in [0.3, 0.4) is 0 Å². The highest BCUT2D eigenvalue weighted by Gasteiger charge is 2.42. The Morgan fingerprint density at radius 3 is 3.00 bits per heavy atom. The number of hydrogen-bond acceptors (Lipinski definition) is 5. The van der Waals surface area contributed by atoms with Crippen molar-refractivity contribution in [3.05, 3.63) is 30.1 Å². The van der Waals surface area contributed by atoms with Crippen molar-refractivity contribution in [2.24, 2.45) is 0 Å². The number of pyridine rings is 1. The average Bonchev–Trinajstić information content (AvgIpc) is 2.74. The Morgan fingerprint density at radius 1 is 1.41 bits per heavy atom. The van der Waals surface area contributed by atoms with Gasteiger partial charge in [0.1, 0.15) is 12.2 Å². The molecule has 1 aromatic rings. The van der Waals surface area contributed by atoms with Gasteiger partial charge in [0.15, 0.2) is 0 Å². The molecular formula is C15H19N3O4. The first-order valence-electron chi connectivity index (χ1n) is 7.25. The maximum Gasteiger partial charge on any atom is 0.255 e. The fourth-order valence-electron chi connectivity index (χ4n) is 2.82. The fraction of sp³-hybridized carbons (Fsp3) is 0.533. The van der Waals surface area contributed by atoms with Gasteiger partial charge >= 0.3 is 0 Å². The number of ether oxygens (including phenoxy) is 2. The van der Waals surface area contributed by atoms with Crippen LogP contribution < -0.4 is 0 Å². The van der Waals surface area contributed by atoms with Crippen LogP contribution >= 0.6 is 0 Å². The summed E-state index contributed by atoms with van der Waals surface area (Å²) >= 11 is 0. The van der Waals surface area contributed by atoms with Crippen LogP contribution in [0, 0.1) is 0 Å². The summed E-state index contributed by atoms with van der Waals surface area (Å²) in [6.07, 6.45) is 3.19. The number of carbonyl (C=O) groups excluding carboxylic acids is 2. The Balaban J connectivity index is 1.78. The quantitative estimate of drug-likeness (QED) is 0.717. The Kier molecular flexibility index (Phi) is 4.08. The molecule has 3 rings (SSSR count). The minimum absolute atomic E-state index is 0.0226. The topological polar surface area (TPSA) is 72.0 Å². The first-order chi connectivity index (χ1) is 10.6. The predicted octanol–water partition coefficient (Wildman–Crippen LogP) is -0.219. The van der Waals surface area contributed by atoms with Gasteiger partial charge in [-0.05, 0) is 12.1 Å². The molecule has 1 unspecified atom stereocenters. The number of carbonyl (C=O) groups is 2. The van der Waals surface area contributed by atoms with Gasteiger partial charge in [-0.15, -0.1) is 0 Å². The SMILES string of the molecule is CN1CC2(COCCN(C(=O)c3cccnc3)C2)OCC1=O. The lowest BCUT2D eigenvalue weighted by Crippen LogP contribution is -2.60. The van der Waals surface area contributed by atoms with Crippen LogP contribution in [-0.2, 0) is 14.3 Å². The van der Waals surface area contributed by atoms with Gasteiger partial charge in [-0.25, -0.2) is 0 Å². The summed E-state index contributed by atoms with van der Waals surface area (Å²) in [4.78, 5) is 31.6. The summed E-state index contributed by atoms with van der Waals surface area (Å²) < 4.78 is 11.4. The number of amides is 2. The molecular weight excluding hydrogens is 286 g/mol. The van der Waals surface area contributed by atoms with Crippen molar-refractivity contribution in [1.82, 2.24) is 14.8 Å². The molecule has 1 aromatic heterocycles. The molecule has 0 saturated carbocycles. The van der Waals surface area contributed by atoms with Crippen molar-refractivity contribution in [1.29, 1.82) is 0 Å². The number of rotatable bonds is 1. The zero-order valence-corrected chi connectivity index (χ0v) is 12.5. The number of likely N-dealkylation sites (N-methyl/N-ethyl adjacent to an activating group) is 1. The molecule has 2 aliphatic rings. The third-order valence-electron chi connectivity index (χ3n) is 4.00. The van der Waals surface area contributed by atoms with Gasteiger partial charge in [-0.2, -0.15) is 0 Å². The lowest BCUT2D eigenvalue weighted by Gasteiger charge is -2.41. The Bertz CT molecular complexity index is 565. The Hall–Kier alpha value is -1.99. The van der Waals surface area contributed by atoms with Crippen LogP contribution in [-0.4, -0.2) is 78.7 Å². The van der Waals surface area contributed by atoms with Crippen molar-refractivity contribution in [2.45, 2.75) is 5.60 Å². The van der Waals surface area contributed by atoms with Crippen molar-refractivity contribution >= 4 is 11.8 Å². The van der Waals surface area contributed by atoms with Crippen LogP contribution in [0.4, 0.5) is 0 Å². The van der Waals surface area contributed by atoms with Crippen molar-refractivity contribution in [2.75, 3.05) is 46.5 Å². The number of morpholine rings is 1. The van der Waals surface area contributed by atoms with Gasteiger partial charge in [0.05, 0.1) is 31.9 Å².